The molecule has 144 valence electrons. The summed E-state index contributed by atoms with van der Waals surface area (Å²) in [5.41, 5.74) is 5.21. The van der Waals surface area contributed by atoms with E-state index < -0.39 is 0 Å². The molecule has 3 N–H and O–H groups in total. The molecule has 0 aliphatic rings. The zero-order chi connectivity index (χ0) is 18.3. The summed E-state index contributed by atoms with van der Waals surface area (Å²) in [6.45, 7) is 13.0. The van der Waals surface area contributed by atoms with Crippen molar-refractivity contribution in [2.75, 3.05) is 52.7 Å². The molecule has 0 aliphatic carbocycles. The topological polar surface area (TPSA) is 82.8 Å². The van der Waals surface area contributed by atoms with E-state index in [1.54, 1.807) is 0 Å². The molecule has 0 bridgehead atoms. The molecule has 24 heavy (non-hydrogen) atoms. The normalized spacial score (nSPS) is 9.96. The van der Waals surface area contributed by atoms with E-state index in [1.807, 2.05) is 6.08 Å². The van der Waals surface area contributed by atoms with Crippen molar-refractivity contribution >= 4 is 5.91 Å². The van der Waals surface area contributed by atoms with Crippen LogP contribution in [-0.2, 0) is 19.0 Å². The van der Waals surface area contributed by atoms with Crippen LogP contribution in [0.15, 0.2) is 12.7 Å². The summed E-state index contributed by atoms with van der Waals surface area (Å²) in [6, 6.07) is 0. The monoisotopic (exact) mass is 346 g/mol. The fourth-order valence-corrected chi connectivity index (χ4v) is 1.51. The first kappa shape index (κ1) is 25.3. The van der Waals surface area contributed by atoms with Gasteiger partial charge in [0.25, 0.3) is 0 Å². The maximum Gasteiger partial charge on any atom is 0.220 e. The summed E-state index contributed by atoms with van der Waals surface area (Å²) in [4.78, 5) is 11.1. The molecule has 0 aliphatic heterocycles. The quantitative estimate of drug-likeness (QED) is 0.331. The Bertz CT molecular complexity index is 263. The molecule has 6 heteroatoms. The van der Waals surface area contributed by atoms with E-state index in [4.69, 9.17) is 19.9 Å². The van der Waals surface area contributed by atoms with Gasteiger partial charge >= 0.3 is 0 Å². The number of amides is 1. The molecule has 0 heterocycles. The molecule has 0 aromatic rings. The Balaban J connectivity index is 0. The van der Waals surface area contributed by atoms with Crippen molar-refractivity contribution in [2.24, 2.45) is 5.73 Å². The van der Waals surface area contributed by atoms with E-state index in [1.165, 1.54) is 0 Å². The van der Waals surface area contributed by atoms with E-state index in [2.05, 4.69) is 25.7 Å². The van der Waals surface area contributed by atoms with Crippen LogP contribution in [0.3, 0.4) is 0 Å². The highest BCUT2D eigenvalue weighted by Crippen LogP contribution is 1.92. The molecule has 0 fully saturated rings. The first-order valence-electron chi connectivity index (χ1n) is 9.03. The Morgan fingerprint density at radius 1 is 1.00 bits per heavy atom. The maximum atomic E-state index is 11.1. The van der Waals surface area contributed by atoms with Crippen LogP contribution in [0.25, 0.3) is 0 Å². The summed E-state index contributed by atoms with van der Waals surface area (Å²) in [6.07, 6.45) is 6.45. The second-order valence-corrected chi connectivity index (χ2v) is 5.16. The smallest absolute Gasteiger partial charge is 0.220 e. The molecule has 0 aromatic heterocycles. The van der Waals surface area contributed by atoms with Crippen LogP contribution in [0.2, 0.25) is 0 Å². The van der Waals surface area contributed by atoms with Gasteiger partial charge in [-0.1, -0.05) is 26.3 Å². The molecule has 0 spiro atoms. The molecule has 1 amide bonds. The number of ether oxygens (including phenoxy) is 3. The zero-order valence-corrected chi connectivity index (χ0v) is 15.7. The van der Waals surface area contributed by atoms with Crippen molar-refractivity contribution < 1.29 is 19.0 Å². The minimum Gasteiger partial charge on any atom is -0.380 e. The fourth-order valence-electron chi connectivity index (χ4n) is 1.51. The lowest BCUT2D eigenvalue weighted by molar-refractivity contribution is -0.121. The summed E-state index contributed by atoms with van der Waals surface area (Å²) in [5.74, 6) is 0.141. The average Bonchev–Trinajstić information content (AvgIpc) is 2.59. The van der Waals surface area contributed by atoms with Gasteiger partial charge in [0.15, 0.2) is 0 Å². The lowest BCUT2D eigenvalue weighted by Crippen LogP contribution is -2.26. The Kier molecular flexibility index (Phi) is 25.6. The molecule has 6 nitrogen and oxygen atoms in total. The van der Waals surface area contributed by atoms with Gasteiger partial charge in [-0.15, -0.1) is 6.58 Å². The molecule has 0 unspecified atom stereocenters. The third-order valence-electron chi connectivity index (χ3n) is 2.77. The number of carbonyl (C=O) groups is 1. The summed E-state index contributed by atoms with van der Waals surface area (Å²) >= 11 is 0. The summed E-state index contributed by atoms with van der Waals surface area (Å²) in [5, 5.41) is 2.81. The van der Waals surface area contributed by atoms with Crippen LogP contribution in [0.4, 0.5) is 0 Å². The van der Waals surface area contributed by atoms with E-state index in [9.17, 15) is 4.79 Å². The summed E-state index contributed by atoms with van der Waals surface area (Å²) in [7, 11) is 0. The molecule has 0 saturated carbocycles. The highest BCUT2D eigenvalue weighted by atomic mass is 16.5. The van der Waals surface area contributed by atoms with Crippen molar-refractivity contribution in [3.63, 3.8) is 0 Å². The molecule has 0 radical (unpaired) electrons. The SMILES string of the molecule is C=CCCOCCOCCN.CCCCC(=O)NCCOCCC. The number of nitrogens with one attached hydrogen (secondary N) is 1. The van der Waals surface area contributed by atoms with Gasteiger partial charge in [-0.2, -0.15) is 0 Å². The van der Waals surface area contributed by atoms with Gasteiger partial charge in [0.05, 0.1) is 33.0 Å². The van der Waals surface area contributed by atoms with Crippen LogP contribution in [0.5, 0.6) is 0 Å². The summed E-state index contributed by atoms with van der Waals surface area (Å²) < 4.78 is 15.5. The van der Waals surface area contributed by atoms with E-state index in [0.29, 0.717) is 45.9 Å². The highest BCUT2D eigenvalue weighted by molar-refractivity contribution is 5.75. The highest BCUT2D eigenvalue weighted by Gasteiger charge is 1.98. The number of hydrogen-bond donors (Lipinski definition) is 2. The minimum atomic E-state index is 0.141. The number of rotatable bonds is 16. The van der Waals surface area contributed by atoms with Crippen molar-refractivity contribution in [1.82, 2.24) is 5.32 Å². The van der Waals surface area contributed by atoms with Gasteiger partial charge in [-0.3, -0.25) is 4.79 Å². The Labute approximate surface area is 148 Å². The van der Waals surface area contributed by atoms with Gasteiger partial charge in [-0.05, 0) is 19.3 Å². The third-order valence-corrected chi connectivity index (χ3v) is 2.77. The number of carbonyl (C=O) groups excluding carboxylic acids is 1. The van der Waals surface area contributed by atoms with Crippen molar-refractivity contribution in [1.29, 1.82) is 0 Å². The fraction of sp³-hybridized carbons (Fsp3) is 0.833. The van der Waals surface area contributed by atoms with Crippen molar-refractivity contribution in [3.05, 3.63) is 12.7 Å². The van der Waals surface area contributed by atoms with Crippen LogP contribution < -0.4 is 11.1 Å². The first-order valence-corrected chi connectivity index (χ1v) is 9.03. The van der Waals surface area contributed by atoms with Gasteiger partial charge < -0.3 is 25.3 Å². The molecule has 0 atom stereocenters. The molecular weight excluding hydrogens is 308 g/mol. The van der Waals surface area contributed by atoms with Crippen LogP contribution in [0.1, 0.15) is 46.0 Å². The van der Waals surface area contributed by atoms with Gasteiger partial charge in [-0.25, -0.2) is 0 Å². The molecule has 0 aromatic carbocycles. The number of unbranched alkanes of at least 4 members (excludes halogenated alkanes) is 1. The number of hydrogen-bond acceptors (Lipinski definition) is 5. The van der Waals surface area contributed by atoms with Gasteiger partial charge in [0, 0.05) is 26.1 Å². The van der Waals surface area contributed by atoms with Gasteiger partial charge in [0.1, 0.15) is 0 Å². The second-order valence-electron chi connectivity index (χ2n) is 5.16. The maximum absolute atomic E-state index is 11.1. The van der Waals surface area contributed by atoms with E-state index in [-0.39, 0.29) is 5.91 Å². The first-order chi connectivity index (χ1) is 11.7. The Hall–Kier alpha value is -0.950. The third kappa shape index (κ3) is 26.0. The predicted octanol–water partition coefficient (Wildman–Crippen LogP) is 2.27. The van der Waals surface area contributed by atoms with Crippen LogP contribution in [-0.4, -0.2) is 58.6 Å². The van der Waals surface area contributed by atoms with Crippen molar-refractivity contribution in [3.8, 4) is 0 Å². The minimum absolute atomic E-state index is 0.141. The molecular formula is C18H38N2O4. The second kappa shape index (κ2) is 24.3. The lowest BCUT2D eigenvalue weighted by Gasteiger charge is -2.04. The lowest BCUT2D eigenvalue weighted by atomic mass is 10.2. The standard InChI is InChI=1S/C10H21NO2.C8H17NO2/c1-3-5-6-10(12)11-7-9-13-8-4-2;1-2-3-5-10-7-8-11-6-4-9/h3-9H2,1-2H3,(H,11,12);2H,1,3-9H2. The van der Waals surface area contributed by atoms with E-state index in [0.717, 1.165) is 38.9 Å². The largest absolute Gasteiger partial charge is 0.380 e. The van der Waals surface area contributed by atoms with Crippen LogP contribution >= 0.6 is 0 Å². The average molecular weight is 347 g/mol. The Morgan fingerprint density at radius 2 is 1.67 bits per heavy atom. The van der Waals surface area contributed by atoms with Gasteiger partial charge in [0.2, 0.25) is 5.91 Å². The molecule has 0 saturated heterocycles. The predicted molar refractivity (Wildman–Crippen MR) is 99.2 cm³/mol. The Morgan fingerprint density at radius 3 is 2.25 bits per heavy atom. The zero-order valence-electron chi connectivity index (χ0n) is 15.7. The number of nitrogens with two attached hydrogens (primary N) is 1. The molecule has 0 rings (SSSR count). The van der Waals surface area contributed by atoms with E-state index >= 15 is 0 Å². The van der Waals surface area contributed by atoms with Crippen LogP contribution in [0, 0.1) is 0 Å². The van der Waals surface area contributed by atoms with Crippen molar-refractivity contribution in [2.45, 2.75) is 46.0 Å².